The highest BCUT2D eigenvalue weighted by Gasteiger charge is 2.61. The molecule has 4 rings (SSSR count). The molecule has 4 aliphatic carbocycles. The second kappa shape index (κ2) is 5.30. The maximum atomic E-state index is 11.6. The molecule has 0 aromatic heterocycles. The molecule has 0 aromatic rings. The molecule has 4 heteroatoms. The topological polar surface area (TPSA) is 63.4 Å². The molecule has 3 fully saturated rings. The average molecular weight is 333 g/mol. The largest absolute Gasteiger partial charge is 0.393 e. The summed E-state index contributed by atoms with van der Waals surface area (Å²) < 4.78 is 0. The summed E-state index contributed by atoms with van der Waals surface area (Å²) in [5.41, 5.74) is 1.81. The highest BCUT2D eigenvalue weighted by molar-refractivity contribution is 5.27. The lowest BCUT2D eigenvalue weighted by Crippen LogP contribution is -2.54. The Bertz CT molecular complexity index is 600. The van der Waals surface area contributed by atoms with Gasteiger partial charge in [0.2, 0.25) is 5.70 Å². The summed E-state index contributed by atoms with van der Waals surface area (Å²) in [6.45, 7) is 6.94. The zero-order valence-corrected chi connectivity index (χ0v) is 15.3. The Hall–Kier alpha value is -0.900. The zero-order valence-electron chi connectivity index (χ0n) is 15.3. The molecular weight excluding hydrogens is 302 g/mol. The summed E-state index contributed by atoms with van der Waals surface area (Å²) in [7, 11) is 0. The van der Waals surface area contributed by atoms with Gasteiger partial charge in [0.1, 0.15) is 0 Å². The van der Waals surface area contributed by atoms with Crippen molar-refractivity contribution in [1.82, 2.24) is 0 Å². The summed E-state index contributed by atoms with van der Waals surface area (Å²) in [4.78, 5) is 11.5. The second-order valence-corrected chi connectivity index (χ2v) is 9.56. The standard InChI is InChI=1S/C20H31NO3/c1-12-11-15-16(21(23)24)5-4-9-19(15,2)14-8-10-20(3)13(18(12)14)6-7-17(20)22/h12-14,17-18,22H,4-11H2,1-3H3/t12-,13+,14+,17+,18+,19-,20+/m1/s1. The van der Waals surface area contributed by atoms with E-state index < -0.39 is 0 Å². The number of hydrogen-bond donors (Lipinski definition) is 1. The second-order valence-electron chi connectivity index (χ2n) is 9.56. The lowest BCUT2D eigenvalue weighted by atomic mass is 9.45. The van der Waals surface area contributed by atoms with Gasteiger partial charge in [-0.15, -0.1) is 0 Å². The molecule has 0 bridgehead atoms. The lowest BCUT2D eigenvalue weighted by molar-refractivity contribution is -0.432. The molecule has 0 heterocycles. The van der Waals surface area contributed by atoms with Gasteiger partial charge >= 0.3 is 0 Å². The summed E-state index contributed by atoms with van der Waals surface area (Å²) in [5.74, 6) is 2.29. The van der Waals surface area contributed by atoms with Crippen LogP contribution in [0.2, 0.25) is 0 Å². The van der Waals surface area contributed by atoms with Gasteiger partial charge in [-0.3, -0.25) is 10.1 Å². The number of aliphatic hydroxyl groups is 1. The first-order chi connectivity index (χ1) is 11.3. The predicted molar refractivity (Wildman–Crippen MR) is 92.8 cm³/mol. The van der Waals surface area contributed by atoms with E-state index in [0.717, 1.165) is 44.9 Å². The average Bonchev–Trinajstić information content (AvgIpc) is 2.83. The van der Waals surface area contributed by atoms with Crippen molar-refractivity contribution in [3.8, 4) is 0 Å². The van der Waals surface area contributed by atoms with E-state index in [9.17, 15) is 15.2 Å². The minimum absolute atomic E-state index is 0.0205. The van der Waals surface area contributed by atoms with Crippen LogP contribution in [0.5, 0.6) is 0 Å². The van der Waals surface area contributed by atoms with Crippen LogP contribution in [0.15, 0.2) is 11.3 Å². The monoisotopic (exact) mass is 333 g/mol. The van der Waals surface area contributed by atoms with E-state index in [-0.39, 0.29) is 21.9 Å². The highest BCUT2D eigenvalue weighted by atomic mass is 16.6. The third-order valence-corrected chi connectivity index (χ3v) is 8.65. The van der Waals surface area contributed by atoms with E-state index in [4.69, 9.17) is 0 Å². The molecule has 0 saturated heterocycles. The van der Waals surface area contributed by atoms with Crippen molar-refractivity contribution in [2.45, 2.75) is 78.2 Å². The molecule has 4 nitrogen and oxygen atoms in total. The maximum absolute atomic E-state index is 11.6. The molecule has 0 amide bonds. The highest BCUT2D eigenvalue weighted by Crippen LogP contribution is 2.67. The molecule has 0 aliphatic heterocycles. The van der Waals surface area contributed by atoms with Gasteiger partial charge in [-0.1, -0.05) is 20.8 Å². The zero-order chi connectivity index (χ0) is 17.3. The summed E-state index contributed by atoms with van der Waals surface area (Å²) >= 11 is 0. The normalized spacial score (nSPS) is 50.9. The Kier molecular flexibility index (Phi) is 3.66. The summed E-state index contributed by atoms with van der Waals surface area (Å²) in [5, 5.41) is 22.2. The van der Waals surface area contributed by atoms with Crippen LogP contribution >= 0.6 is 0 Å². The van der Waals surface area contributed by atoms with E-state index in [0.29, 0.717) is 35.8 Å². The van der Waals surface area contributed by atoms with Gasteiger partial charge in [-0.05, 0) is 79.4 Å². The van der Waals surface area contributed by atoms with Crippen molar-refractivity contribution in [3.05, 3.63) is 21.4 Å². The number of nitrogens with zero attached hydrogens (tertiary/aromatic N) is 1. The van der Waals surface area contributed by atoms with Crippen LogP contribution in [0.3, 0.4) is 0 Å². The molecule has 24 heavy (non-hydrogen) atoms. The van der Waals surface area contributed by atoms with Gasteiger partial charge in [0, 0.05) is 12.0 Å². The summed E-state index contributed by atoms with van der Waals surface area (Å²) in [6, 6.07) is 0. The van der Waals surface area contributed by atoms with Gasteiger partial charge in [-0.2, -0.15) is 0 Å². The van der Waals surface area contributed by atoms with Crippen LogP contribution < -0.4 is 0 Å². The first kappa shape index (κ1) is 16.6. The first-order valence-electron chi connectivity index (χ1n) is 9.84. The van der Waals surface area contributed by atoms with Crippen molar-refractivity contribution in [2.24, 2.45) is 34.5 Å². The Morgan fingerprint density at radius 3 is 2.62 bits per heavy atom. The molecule has 0 radical (unpaired) electrons. The fraction of sp³-hybridized carbons (Fsp3) is 0.900. The van der Waals surface area contributed by atoms with Gasteiger partial charge in [0.05, 0.1) is 11.0 Å². The Morgan fingerprint density at radius 2 is 1.92 bits per heavy atom. The first-order valence-corrected chi connectivity index (χ1v) is 9.84. The van der Waals surface area contributed by atoms with Crippen molar-refractivity contribution in [3.63, 3.8) is 0 Å². The van der Waals surface area contributed by atoms with E-state index in [2.05, 4.69) is 20.8 Å². The number of nitro groups is 1. The number of fused-ring (bicyclic) bond motifs is 5. The quantitative estimate of drug-likeness (QED) is 0.565. The molecule has 1 N–H and O–H groups in total. The van der Waals surface area contributed by atoms with Crippen molar-refractivity contribution < 1.29 is 10.0 Å². The van der Waals surface area contributed by atoms with Gasteiger partial charge in [-0.25, -0.2) is 0 Å². The van der Waals surface area contributed by atoms with Crippen LogP contribution in [0.25, 0.3) is 0 Å². The van der Waals surface area contributed by atoms with Crippen LogP contribution in [0, 0.1) is 44.6 Å². The van der Waals surface area contributed by atoms with Crippen molar-refractivity contribution >= 4 is 0 Å². The summed E-state index contributed by atoms with van der Waals surface area (Å²) in [6.07, 6.45) is 7.77. The fourth-order valence-corrected chi connectivity index (χ4v) is 7.38. The number of hydrogen-bond acceptors (Lipinski definition) is 3. The molecule has 134 valence electrons. The molecule has 4 aliphatic rings. The van der Waals surface area contributed by atoms with Crippen LogP contribution in [-0.2, 0) is 0 Å². The minimum atomic E-state index is -0.152. The van der Waals surface area contributed by atoms with E-state index >= 15 is 0 Å². The molecule has 0 spiro atoms. The van der Waals surface area contributed by atoms with E-state index in [1.54, 1.807) is 0 Å². The third kappa shape index (κ3) is 2.01. The van der Waals surface area contributed by atoms with Crippen LogP contribution in [-0.4, -0.2) is 16.1 Å². The molecule has 0 aromatic carbocycles. The smallest absolute Gasteiger partial charge is 0.246 e. The van der Waals surface area contributed by atoms with Crippen LogP contribution in [0.1, 0.15) is 72.1 Å². The van der Waals surface area contributed by atoms with E-state index in [1.807, 2.05) is 0 Å². The Morgan fingerprint density at radius 1 is 1.17 bits per heavy atom. The van der Waals surface area contributed by atoms with Gasteiger partial charge in [0.25, 0.3) is 0 Å². The SMILES string of the molecule is C[C@@H]1CC2=C([N+](=O)[O-])CCC[C@]2(C)[C@H]2CC[C@]3(C)[C@@H](O)CC[C@H]3[C@H]12. The fourth-order valence-electron chi connectivity index (χ4n) is 7.38. The Balaban J connectivity index is 1.77. The molecule has 0 unspecified atom stereocenters. The predicted octanol–water partition coefficient (Wildman–Crippen LogP) is 4.55. The molecule has 7 atom stereocenters. The third-order valence-electron chi connectivity index (χ3n) is 8.65. The van der Waals surface area contributed by atoms with Gasteiger partial charge < -0.3 is 5.11 Å². The van der Waals surface area contributed by atoms with Crippen LogP contribution in [0.4, 0.5) is 0 Å². The number of aliphatic hydroxyl groups excluding tert-OH is 1. The number of allylic oxidation sites excluding steroid dienone is 2. The maximum Gasteiger partial charge on any atom is 0.246 e. The van der Waals surface area contributed by atoms with Gasteiger partial charge in [0.15, 0.2) is 0 Å². The van der Waals surface area contributed by atoms with Crippen molar-refractivity contribution in [2.75, 3.05) is 0 Å². The van der Waals surface area contributed by atoms with E-state index in [1.165, 1.54) is 5.57 Å². The minimum Gasteiger partial charge on any atom is -0.393 e. The molecular formula is C20H31NO3. The number of rotatable bonds is 1. The molecule has 3 saturated carbocycles. The van der Waals surface area contributed by atoms with Crippen molar-refractivity contribution in [1.29, 1.82) is 0 Å². The lowest BCUT2D eigenvalue weighted by Gasteiger charge is -2.59. The Labute approximate surface area is 144 Å².